The number of ether oxygens (including phenoxy) is 1. The number of aromatic nitrogens is 4. The van der Waals surface area contributed by atoms with Gasteiger partial charge in [-0.3, -0.25) is 9.48 Å². The summed E-state index contributed by atoms with van der Waals surface area (Å²) in [5, 5.41) is 10.7. The number of aryl methyl sites for hydroxylation is 2. The first-order valence-corrected chi connectivity index (χ1v) is 7.97. The number of nitrogens with zero attached hydrogens (tertiary/aromatic N) is 4. The highest BCUT2D eigenvalue weighted by Crippen LogP contribution is 2.16. The predicted octanol–water partition coefficient (Wildman–Crippen LogP) is 0.826. The second-order valence-corrected chi connectivity index (χ2v) is 5.96. The van der Waals surface area contributed by atoms with E-state index in [1.54, 1.807) is 16.9 Å². The van der Waals surface area contributed by atoms with Crippen molar-refractivity contribution in [2.45, 2.75) is 32.4 Å². The van der Waals surface area contributed by atoms with Gasteiger partial charge >= 0.3 is 0 Å². The van der Waals surface area contributed by atoms with Gasteiger partial charge < -0.3 is 15.4 Å². The van der Waals surface area contributed by atoms with E-state index >= 15 is 0 Å². The van der Waals surface area contributed by atoms with Crippen LogP contribution < -0.4 is 10.6 Å². The van der Waals surface area contributed by atoms with E-state index in [1.165, 1.54) is 6.33 Å². The highest BCUT2D eigenvalue weighted by molar-refractivity contribution is 5.96. The molecule has 8 heteroatoms. The van der Waals surface area contributed by atoms with Gasteiger partial charge in [-0.05, 0) is 26.3 Å². The molecule has 0 aromatic carbocycles. The molecule has 1 saturated heterocycles. The third kappa shape index (κ3) is 3.38. The van der Waals surface area contributed by atoms with Crippen LogP contribution in [0.25, 0.3) is 0 Å². The van der Waals surface area contributed by atoms with Crippen LogP contribution in [0, 0.1) is 13.8 Å². The molecule has 0 bridgehead atoms. The van der Waals surface area contributed by atoms with Crippen LogP contribution in [0.5, 0.6) is 0 Å². The quantitative estimate of drug-likeness (QED) is 0.862. The van der Waals surface area contributed by atoms with Crippen molar-refractivity contribution in [1.82, 2.24) is 25.1 Å². The Morgan fingerprint density at radius 3 is 2.88 bits per heavy atom. The Hall–Kier alpha value is -2.48. The minimum absolute atomic E-state index is 0.0415. The molecular formula is C16H22N6O2. The van der Waals surface area contributed by atoms with E-state index < -0.39 is 0 Å². The first kappa shape index (κ1) is 16.4. The SMILES string of the molecule is Cc1nn(C)c(C)c1C(=O)N[C@H]1CCOC[C@H]1Nc1ccncn1. The lowest BCUT2D eigenvalue weighted by Gasteiger charge is -2.33. The minimum Gasteiger partial charge on any atom is -0.379 e. The summed E-state index contributed by atoms with van der Waals surface area (Å²) in [7, 11) is 1.84. The van der Waals surface area contributed by atoms with Crippen molar-refractivity contribution in [2.75, 3.05) is 18.5 Å². The maximum atomic E-state index is 12.7. The summed E-state index contributed by atoms with van der Waals surface area (Å²) in [6, 6.07) is 1.71. The Labute approximate surface area is 140 Å². The van der Waals surface area contributed by atoms with Crippen LogP contribution in [0.1, 0.15) is 28.2 Å². The normalized spacial score (nSPS) is 20.6. The average Bonchev–Trinajstić information content (AvgIpc) is 2.83. The van der Waals surface area contributed by atoms with Crippen molar-refractivity contribution >= 4 is 11.7 Å². The molecule has 2 N–H and O–H groups in total. The molecule has 3 rings (SSSR count). The zero-order valence-electron chi connectivity index (χ0n) is 14.1. The predicted molar refractivity (Wildman–Crippen MR) is 88.8 cm³/mol. The second-order valence-electron chi connectivity index (χ2n) is 5.96. The molecule has 1 fully saturated rings. The van der Waals surface area contributed by atoms with Gasteiger partial charge in [-0.1, -0.05) is 0 Å². The lowest BCUT2D eigenvalue weighted by atomic mass is 10.0. The molecular weight excluding hydrogens is 308 g/mol. The van der Waals surface area contributed by atoms with E-state index in [0.29, 0.717) is 24.6 Å². The van der Waals surface area contributed by atoms with Gasteiger partial charge in [0.15, 0.2) is 0 Å². The number of anilines is 1. The molecule has 0 aliphatic carbocycles. The third-order valence-corrected chi connectivity index (χ3v) is 4.32. The minimum atomic E-state index is -0.0977. The van der Waals surface area contributed by atoms with E-state index in [-0.39, 0.29) is 18.0 Å². The molecule has 1 aliphatic heterocycles. The molecule has 24 heavy (non-hydrogen) atoms. The van der Waals surface area contributed by atoms with Gasteiger partial charge in [0.25, 0.3) is 5.91 Å². The van der Waals surface area contributed by atoms with E-state index in [0.717, 1.165) is 17.8 Å². The van der Waals surface area contributed by atoms with E-state index in [9.17, 15) is 4.79 Å². The Balaban J connectivity index is 1.72. The van der Waals surface area contributed by atoms with Crippen molar-refractivity contribution < 1.29 is 9.53 Å². The molecule has 0 radical (unpaired) electrons. The standard InChI is InChI=1S/C16H22N6O2/c1-10-15(11(2)22(3)21-10)16(23)20-12-5-7-24-8-13(12)19-14-4-6-17-9-18-14/h4,6,9,12-13H,5,7-8H2,1-3H3,(H,20,23)(H,17,18,19)/t12-,13+/m0/s1. The van der Waals surface area contributed by atoms with E-state index in [4.69, 9.17) is 4.74 Å². The number of hydrogen-bond donors (Lipinski definition) is 2. The lowest BCUT2D eigenvalue weighted by molar-refractivity contribution is 0.0619. The number of hydrogen-bond acceptors (Lipinski definition) is 6. The van der Waals surface area contributed by atoms with Crippen molar-refractivity contribution in [3.8, 4) is 0 Å². The molecule has 3 heterocycles. The molecule has 2 aromatic rings. The largest absolute Gasteiger partial charge is 0.379 e. The molecule has 8 nitrogen and oxygen atoms in total. The molecule has 2 atom stereocenters. The number of carbonyl (C=O) groups is 1. The Morgan fingerprint density at radius 1 is 1.38 bits per heavy atom. The zero-order valence-corrected chi connectivity index (χ0v) is 14.1. The van der Waals surface area contributed by atoms with Gasteiger partial charge in [0, 0.05) is 25.5 Å². The number of carbonyl (C=O) groups excluding carboxylic acids is 1. The van der Waals surface area contributed by atoms with Gasteiger partial charge in [0.1, 0.15) is 12.1 Å². The van der Waals surface area contributed by atoms with E-state index in [1.807, 2.05) is 20.9 Å². The summed E-state index contributed by atoms with van der Waals surface area (Å²) in [6.45, 7) is 4.88. The first-order chi connectivity index (χ1) is 11.6. The van der Waals surface area contributed by atoms with Crippen LogP contribution in [0.15, 0.2) is 18.6 Å². The molecule has 0 saturated carbocycles. The molecule has 1 amide bonds. The smallest absolute Gasteiger partial charge is 0.255 e. The maximum absolute atomic E-state index is 12.7. The second kappa shape index (κ2) is 6.96. The fourth-order valence-electron chi connectivity index (χ4n) is 2.96. The van der Waals surface area contributed by atoms with Crippen LogP contribution in [0.3, 0.4) is 0 Å². The first-order valence-electron chi connectivity index (χ1n) is 7.97. The van der Waals surface area contributed by atoms with Gasteiger partial charge in [0.05, 0.1) is 29.9 Å². The fraction of sp³-hybridized carbons (Fsp3) is 0.500. The fourth-order valence-corrected chi connectivity index (χ4v) is 2.96. The van der Waals surface area contributed by atoms with Crippen molar-refractivity contribution in [3.63, 3.8) is 0 Å². The Bertz CT molecular complexity index is 715. The third-order valence-electron chi connectivity index (χ3n) is 4.32. The van der Waals surface area contributed by atoms with Gasteiger partial charge in [0.2, 0.25) is 0 Å². The van der Waals surface area contributed by atoms with Crippen molar-refractivity contribution in [3.05, 3.63) is 35.5 Å². The zero-order chi connectivity index (χ0) is 17.1. The molecule has 0 unspecified atom stereocenters. The summed E-state index contributed by atoms with van der Waals surface area (Å²) in [6.07, 6.45) is 3.91. The number of amides is 1. The van der Waals surface area contributed by atoms with Gasteiger partial charge in [-0.2, -0.15) is 5.10 Å². The van der Waals surface area contributed by atoms with Gasteiger partial charge in [-0.15, -0.1) is 0 Å². The molecule has 1 aliphatic rings. The van der Waals surface area contributed by atoms with Crippen molar-refractivity contribution in [1.29, 1.82) is 0 Å². The van der Waals surface area contributed by atoms with Crippen LogP contribution in [0.2, 0.25) is 0 Å². The van der Waals surface area contributed by atoms with Crippen LogP contribution in [0.4, 0.5) is 5.82 Å². The summed E-state index contributed by atoms with van der Waals surface area (Å²) >= 11 is 0. The van der Waals surface area contributed by atoms with E-state index in [2.05, 4.69) is 25.7 Å². The number of rotatable bonds is 4. The highest BCUT2D eigenvalue weighted by atomic mass is 16.5. The molecule has 128 valence electrons. The summed E-state index contributed by atoms with van der Waals surface area (Å²) < 4.78 is 7.28. The lowest BCUT2D eigenvalue weighted by Crippen LogP contribution is -2.52. The Morgan fingerprint density at radius 2 is 2.21 bits per heavy atom. The van der Waals surface area contributed by atoms with Crippen LogP contribution in [-0.2, 0) is 11.8 Å². The number of nitrogens with one attached hydrogen (secondary N) is 2. The molecule has 2 aromatic heterocycles. The summed E-state index contributed by atoms with van der Waals surface area (Å²) in [4.78, 5) is 20.8. The van der Waals surface area contributed by atoms with Crippen LogP contribution >= 0.6 is 0 Å². The summed E-state index contributed by atoms with van der Waals surface area (Å²) in [5.41, 5.74) is 2.24. The summed E-state index contributed by atoms with van der Waals surface area (Å²) in [5.74, 6) is 0.618. The van der Waals surface area contributed by atoms with Crippen molar-refractivity contribution in [2.24, 2.45) is 7.05 Å². The monoisotopic (exact) mass is 330 g/mol. The topological polar surface area (TPSA) is 94.0 Å². The Kier molecular flexibility index (Phi) is 4.75. The highest BCUT2D eigenvalue weighted by Gasteiger charge is 2.29. The maximum Gasteiger partial charge on any atom is 0.255 e. The average molecular weight is 330 g/mol. The van der Waals surface area contributed by atoms with Crippen LogP contribution in [-0.4, -0.2) is 51.0 Å². The van der Waals surface area contributed by atoms with Gasteiger partial charge in [-0.25, -0.2) is 9.97 Å². The molecule has 0 spiro atoms.